The Bertz CT molecular complexity index is 601. The Morgan fingerprint density at radius 2 is 2.05 bits per heavy atom. The van der Waals surface area contributed by atoms with Crippen LogP contribution >= 0.6 is 0 Å². The van der Waals surface area contributed by atoms with Gasteiger partial charge in [0.15, 0.2) is 0 Å². The summed E-state index contributed by atoms with van der Waals surface area (Å²) in [5.41, 5.74) is 2.40. The zero-order valence-corrected chi connectivity index (χ0v) is 13.6. The van der Waals surface area contributed by atoms with Crippen LogP contribution in [0.4, 0.5) is 0 Å². The van der Waals surface area contributed by atoms with Crippen LogP contribution in [-0.4, -0.2) is 36.5 Å². The Labute approximate surface area is 127 Å². The molecule has 3 rings (SSSR count). The van der Waals surface area contributed by atoms with Gasteiger partial charge in [0.2, 0.25) is 0 Å². The van der Waals surface area contributed by atoms with Crippen molar-refractivity contribution in [3.63, 3.8) is 0 Å². The van der Waals surface area contributed by atoms with Crippen LogP contribution in [0.25, 0.3) is 0 Å². The van der Waals surface area contributed by atoms with Gasteiger partial charge in [-0.05, 0) is 12.8 Å². The molecule has 0 spiro atoms. The molecule has 1 aliphatic carbocycles. The third-order valence-corrected chi connectivity index (χ3v) is 5.60. The monoisotopic (exact) mass is 311 g/mol. The molecule has 5 nitrogen and oxygen atoms in total. The molecule has 0 unspecified atom stereocenters. The van der Waals surface area contributed by atoms with Gasteiger partial charge in [0, 0.05) is 43.9 Å². The highest BCUT2D eigenvalue weighted by Crippen LogP contribution is 2.33. The number of hydrogen-bond acceptors (Lipinski definition) is 4. The molecule has 0 saturated heterocycles. The summed E-state index contributed by atoms with van der Waals surface area (Å²) in [4.78, 5) is 4.88. The summed E-state index contributed by atoms with van der Waals surface area (Å²) in [6, 6.07) is 0. The van der Waals surface area contributed by atoms with Crippen molar-refractivity contribution in [2.24, 2.45) is 0 Å². The van der Waals surface area contributed by atoms with E-state index in [9.17, 15) is 8.42 Å². The minimum absolute atomic E-state index is 0.211. The molecule has 0 aromatic carbocycles. The summed E-state index contributed by atoms with van der Waals surface area (Å²) in [7, 11) is -2.94. The first-order valence-corrected chi connectivity index (χ1v) is 10.1. The van der Waals surface area contributed by atoms with E-state index in [4.69, 9.17) is 4.98 Å². The van der Waals surface area contributed by atoms with Crippen molar-refractivity contribution in [1.29, 1.82) is 0 Å². The van der Waals surface area contributed by atoms with Gasteiger partial charge < -0.3 is 9.88 Å². The molecule has 1 aromatic heterocycles. The van der Waals surface area contributed by atoms with E-state index in [1.165, 1.54) is 44.1 Å². The van der Waals surface area contributed by atoms with Crippen molar-refractivity contribution in [2.75, 3.05) is 18.6 Å². The van der Waals surface area contributed by atoms with Gasteiger partial charge in [0.25, 0.3) is 0 Å². The zero-order chi connectivity index (χ0) is 14.9. The van der Waals surface area contributed by atoms with Gasteiger partial charge in [-0.1, -0.05) is 19.3 Å². The van der Waals surface area contributed by atoms with Crippen molar-refractivity contribution >= 4 is 9.84 Å². The van der Waals surface area contributed by atoms with Crippen LogP contribution in [0.15, 0.2) is 0 Å². The quantitative estimate of drug-likeness (QED) is 0.918. The lowest BCUT2D eigenvalue weighted by Crippen LogP contribution is -2.26. The van der Waals surface area contributed by atoms with Crippen molar-refractivity contribution in [1.82, 2.24) is 14.9 Å². The maximum absolute atomic E-state index is 11.5. The van der Waals surface area contributed by atoms with Crippen LogP contribution in [0.1, 0.15) is 55.2 Å². The lowest BCUT2D eigenvalue weighted by Gasteiger charge is -2.23. The lowest BCUT2D eigenvalue weighted by molar-refractivity contribution is 0.415. The first-order chi connectivity index (χ1) is 10.0. The smallest absolute Gasteiger partial charge is 0.149 e. The van der Waals surface area contributed by atoms with E-state index in [1.54, 1.807) is 0 Å². The van der Waals surface area contributed by atoms with Crippen molar-refractivity contribution < 1.29 is 8.42 Å². The summed E-state index contributed by atoms with van der Waals surface area (Å²) >= 11 is 0. The van der Waals surface area contributed by atoms with Crippen LogP contribution in [0.2, 0.25) is 0 Å². The van der Waals surface area contributed by atoms with E-state index >= 15 is 0 Å². The van der Waals surface area contributed by atoms with Crippen LogP contribution in [0, 0.1) is 0 Å². The molecule has 0 atom stereocenters. The third kappa shape index (κ3) is 3.48. The van der Waals surface area contributed by atoms with Crippen molar-refractivity contribution in [3.05, 3.63) is 17.2 Å². The molecule has 2 heterocycles. The number of nitrogens with zero attached hydrogens (tertiary/aromatic N) is 2. The van der Waals surface area contributed by atoms with E-state index in [0.717, 1.165) is 31.0 Å². The largest absolute Gasteiger partial charge is 0.330 e. The normalized spacial score (nSPS) is 20.4. The Kier molecular flexibility index (Phi) is 4.36. The first-order valence-electron chi connectivity index (χ1n) is 8.01. The van der Waals surface area contributed by atoms with Gasteiger partial charge >= 0.3 is 0 Å². The maximum Gasteiger partial charge on any atom is 0.149 e. The molecule has 1 aromatic rings. The number of rotatable bonds is 4. The molecule has 118 valence electrons. The number of fused-ring (bicyclic) bond motifs is 1. The van der Waals surface area contributed by atoms with E-state index in [1.807, 2.05) is 0 Å². The van der Waals surface area contributed by atoms with Gasteiger partial charge in [-0.2, -0.15) is 0 Å². The second kappa shape index (κ2) is 6.08. The van der Waals surface area contributed by atoms with Crippen molar-refractivity contribution in [2.45, 2.75) is 57.5 Å². The van der Waals surface area contributed by atoms with E-state index in [2.05, 4.69) is 9.88 Å². The average molecular weight is 311 g/mol. The van der Waals surface area contributed by atoms with Gasteiger partial charge in [-0.25, -0.2) is 13.4 Å². The van der Waals surface area contributed by atoms with Gasteiger partial charge in [0.1, 0.15) is 15.7 Å². The summed E-state index contributed by atoms with van der Waals surface area (Å²) in [5.74, 6) is 1.87. The van der Waals surface area contributed by atoms with Gasteiger partial charge in [-0.15, -0.1) is 0 Å². The number of sulfone groups is 1. The van der Waals surface area contributed by atoms with Crippen LogP contribution in [-0.2, 0) is 29.3 Å². The Morgan fingerprint density at radius 3 is 2.76 bits per heavy atom. The number of aromatic nitrogens is 2. The van der Waals surface area contributed by atoms with E-state index in [0.29, 0.717) is 12.5 Å². The fraction of sp³-hybridized carbons (Fsp3) is 0.800. The maximum atomic E-state index is 11.5. The molecule has 0 radical (unpaired) electrons. The fourth-order valence-electron chi connectivity index (χ4n) is 3.57. The topological polar surface area (TPSA) is 64.0 Å². The fourth-order valence-corrected chi connectivity index (χ4v) is 4.08. The SMILES string of the molecule is CS(=O)(=O)CCn1c(C2CCCCC2)nc2c1CCNC2. The van der Waals surface area contributed by atoms with Crippen LogP contribution in [0.5, 0.6) is 0 Å². The molecule has 1 aliphatic heterocycles. The lowest BCUT2D eigenvalue weighted by atomic mass is 9.88. The van der Waals surface area contributed by atoms with Crippen LogP contribution < -0.4 is 5.32 Å². The highest BCUT2D eigenvalue weighted by molar-refractivity contribution is 7.90. The standard InChI is InChI=1S/C15H25N3O2S/c1-21(19,20)10-9-18-14-7-8-16-11-13(14)17-15(18)12-5-3-2-4-6-12/h12,16H,2-11H2,1H3. The summed E-state index contributed by atoms with van der Waals surface area (Å²) < 4.78 is 25.3. The summed E-state index contributed by atoms with van der Waals surface area (Å²) in [5, 5.41) is 3.36. The first kappa shape index (κ1) is 15.0. The molecule has 2 aliphatic rings. The Morgan fingerprint density at radius 1 is 1.29 bits per heavy atom. The molecular formula is C15H25N3O2S. The zero-order valence-electron chi connectivity index (χ0n) is 12.8. The minimum Gasteiger partial charge on any atom is -0.330 e. The third-order valence-electron chi connectivity index (χ3n) is 4.67. The second-order valence-electron chi connectivity index (χ2n) is 6.41. The molecule has 21 heavy (non-hydrogen) atoms. The number of nitrogens with one attached hydrogen (secondary N) is 1. The molecule has 0 bridgehead atoms. The molecule has 0 amide bonds. The molecular weight excluding hydrogens is 286 g/mol. The molecule has 6 heteroatoms. The van der Waals surface area contributed by atoms with E-state index in [-0.39, 0.29) is 5.75 Å². The van der Waals surface area contributed by atoms with Gasteiger partial charge in [0.05, 0.1) is 11.4 Å². The Balaban J connectivity index is 1.91. The van der Waals surface area contributed by atoms with Crippen molar-refractivity contribution in [3.8, 4) is 0 Å². The number of hydrogen-bond donors (Lipinski definition) is 1. The second-order valence-corrected chi connectivity index (χ2v) is 8.67. The Hall–Kier alpha value is -0.880. The molecule has 1 saturated carbocycles. The average Bonchev–Trinajstić information content (AvgIpc) is 2.84. The number of imidazole rings is 1. The van der Waals surface area contributed by atoms with Crippen LogP contribution in [0.3, 0.4) is 0 Å². The van der Waals surface area contributed by atoms with E-state index < -0.39 is 9.84 Å². The minimum atomic E-state index is -2.94. The summed E-state index contributed by atoms with van der Waals surface area (Å²) in [6.45, 7) is 2.34. The summed E-state index contributed by atoms with van der Waals surface area (Å²) in [6.07, 6.45) is 8.53. The predicted molar refractivity (Wildman–Crippen MR) is 83.2 cm³/mol. The molecule has 1 fully saturated rings. The predicted octanol–water partition coefficient (Wildman–Crippen LogP) is 1.62. The highest BCUT2D eigenvalue weighted by atomic mass is 32.2. The highest BCUT2D eigenvalue weighted by Gasteiger charge is 2.26. The van der Waals surface area contributed by atoms with Gasteiger partial charge in [-0.3, -0.25) is 0 Å². The molecule has 1 N–H and O–H groups in total.